The number of carbonyl (C=O) groups is 2. The number of hydrogen-bond donors (Lipinski definition) is 3. The number of hydrogen-bond acceptors (Lipinski definition) is 4. The summed E-state index contributed by atoms with van der Waals surface area (Å²) in [7, 11) is 0. The molecule has 6 nitrogen and oxygen atoms in total. The van der Waals surface area contributed by atoms with Crippen LogP contribution in [0, 0.1) is 5.92 Å². The van der Waals surface area contributed by atoms with Gasteiger partial charge in [0, 0.05) is 6.42 Å². The molecule has 1 fully saturated rings. The van der Waals surface area contributed by atoms with Crippen LogP contribution >= 0.6 is 12.2 Å². The zero-order valence-corrected chi connectivity index (χ0v) is 9.10. The molecular formula is C8H13N3O3S. The van der Waals surface area contributed by atoms with E-state index in [1.165, 1.54) is 0 Å². The fourth-order valence-electron chi connectivity index (χ4n) is 1.41. The van der Waals surface area contributed by atoms with Gasteiger partial charge in [0.1, 0.15) is 0 Å². The Morgan fingerprint density at radius 3 is 2.80 bits per heavy atom. The van der Waals surface area contributed by atoms with Gasteiger partial charge < -0.3 is 10.5 Å². The highest BCUT2D eigenvalue weighted by Crippen LogP contribution is 2.23. The SMILES string of the molecule is C[C@@H]1C[C@H](CC(=O)NNC(N)=S)C(=O)O1. The Morgan fingerprint density at radius 2 is 2.33 bits per heavy atom. The van der Waals surface area contributed by atoms with Crippen LogP contribution in [0.15, 0.2) is 0 Å². The van der Waals surface area contributed by atoms with Gasteiger partial charge in [-0.15, -0.1) is 0 Å². The van der Waals surface area contributed by atoms with Gasteiger partial charge in [0.15, 0.2) is 5.11 Å². The number of cyclic esters (lactones) is 1. The molecule has 0 saturated carbocycles. The third-order valence-electron chi connectivity index (χ3n) is 2.02. The van der Waals surface area contributed by atoms with Gasteiger partial charge in [-0.25, -0.2) is 0 Å². The summed E-state index contributed by atoms with van der Waals surface area (Å²) in [5.41, 5.74) is 9.70. The van der Waals surface area contributed by atoms with Gasteiger partial charge in [-0.2, -0.15) is 0 Å². The van der Waals surface area contributed by atoms with Gasteiger partial charge in [0.05, 0.1) is 12.0 Å². The van der Waals surface area contributed by atoms with Crippen molar-refractivity contribution in [1.29, 1.82) is 0 Å². The average molecular weight is 231 g/mol. The van der Waals surface area contributed by atoms with Gasteiger partial charge >= 0.3 is 5.97 Å². The second-order valence-corrected chi connectivity index (χ2v) is 3.86. The Hall–Kier alpha value is -1.37. The molecule has 1 heterocycles. The van der Waals surface area contributed by atoms with E-state index in [4.69, 9.17) is 10.5 Å². The summed E-state index contributed by atoms with van der Waals surface area (Å²) >= 11 is 4.50. The molecule has 0 aromatic carbocycles. The minimum atomic E-state index is -0.367. The summed E-state index contributed by atoms with van der Waals surface area (Å²) in [5, 5.41) is -0.0225. The molecule has 1 saturated heterocycles. The van der Waals surface area contributed by atoms with Crippen molar-refractivity contribution >= 4 is 29.2 Å². The van der Waals surface area contributed by atoms with Gasteiger partial charge in [0.2, 0.25) is 5.91 Å². The van der Waals surface area contributed by atoms with Crippen LogP contribution < -0.4 is 16.6 Å². The van der Waals surface area contributed by atoms with E-state index in [9.17, 15) is 9.59 Å². The maximum absolute atomic E-state index is 11.3. The van der Waals surface area contributed by atoms with E-state index >= 15 is 0 Å². The minimum absolute atomic E-state index is 0.0225. The van der Waals surface area contributed by atoms with E-state index in [1.54, 1.807) is 6.92 Å². The van der Waals surface area contributed by atoms with Crippen LogP contribution in [0.1, 0.15) is 19.8 Å². The molecule has 2 atom stereocenters. The first-order valence-corrected chi connectivity index (χ1v) is 4.94. The second kappa shape index (κ2) is 4.92. The monoisotopic (exact) mass is 231 g/mol. The number of ether oxygens (including phenoxy) is 1. The molecule has 1 rings (SSSR count). The lowest BCUT2D eigenvalue weighted by Gasteiger charge is -2.07. The van der Waals surface area contributed by atoms with Crippen molar-refractivity contribution in [2.45, 2.75) is 25.9 Å². The van der Waals surface area contributed by atoms with Crippen LogP contribution in [-0.2, 0) is 14.3 Å². The molecule has 0 aromatic rings. The summed E-state index contributed by atoms with van der Waals surface area (Å²) in [6.45, 7) is 1.79. The Labute approximate surface area is 92.5 Å². The number of hydrazine groups is 1. The van der Waals surface area contributed by atoms with Crippen molar-refractivity contribution in [2.24, 2.45) is 11.7 Å². The summed E-state index contributed by atoms with van der Waals surface area (Å²) < 4.78 is 4.91. The van der Waals surface area contributed by atoms with Crippen LogP contribution in [-0.4, -0.2) is 23.1 Å². The highest BCUT2D eigenvalue weighted by atomic mass is 32.1. The van der Waals surface area contributed by atoms with Gasteiger partial charge in [-0.1, -0.05) is 0 Å². The molecule has 0 aromatic heterocycles. The van der Waals surface area contributed by atoms with Crippen LogP contribution in [0.4, 0.5) is 0 Å². The van der Waals surface area contributed by atoms with Crippen molar-refractivity contribution < 1.29 is 14.3 Å². The Morgan fingerprint density at radius 1 is 1.67 bits per heavy atom. The predicted molar refractivity (Wildman–Crippen MR) is 56.3 cm³/mol. The Balaban J connectivity index is 2.32. The summed E-state index contributed by atoms with van der Waals surface area (Å²) in [6.07, 6.45) is 0.539. The third-order valence-corrected chi connectivity index (χ3v) is 2.13. The second-order valence-electron chi connectivity index (χ2n) is 3.42. The fraction of sp³-hybridized carbons (Fsp3) is 0.625. The number of rotatable bonds is 2. The molecule has 0 radical (unpaired) electrons. The molecule has 0 aliphatic carbocycles. The molecule has 1 aliphatic rings. The molecule has 0 unspecified atom stereocenters. The van der Waals surface area contributed by atoms with E-state index in [0.29, 0.717) is 6.42 Å². The zero-order chi connectivity index (χ0) is 11.4. The number of thiocarbonyl (C=S) groups is 1. The first-order valence-electron chi connectivity index (χ1n) is 4.54. The van der Waals surface area contributed by atoms with Gasteiger partial charge in [0.25, 0.3) is 0 Å². The molecule has 4 N–H and O–H groups in total. The first kappa shape index (κ1) is 11.7. The molecular weight excluding hydrogens is 218 g/mol. The van der Waals surface area contributed by atoms with Gasteiger partial charge in [-0.3, -0.25) is 20.4 Å². The van der Waals surface area contributed by atoms with Crippen LogP contribution in [0.5, 0.6) is 0 Å². The summed E-state index contributed by atoms with van der Waals surface area (Å²) in [5.74, 6) is -1.03. The number of amides is 1. The van der Waals surface area contributed by atoms with Crippen molar-refractivity contribution in [3.05, 3.63) is 0 Å². The number of nitrogens with two attached hydrogens (primary N) is 1. The predicted octanol–water partition coefficient (Wildman–Crippen LogP) is -0.807. The van der Waals surface area contributed by atoms with E-state index in [1.807, 2.05) is 0 Å². The molecule has 1 aliphatic heterocycles. The smallest absolute Gasteiger partial charge is 0.309 e. The summed E-state index contributed by atoms with van der Waals surface area (Å²) in [4.78, 5) is 22.4. The molecule has 0 bridgehead atoms. The third kappa shape index (κ3) is 3.70. The summed E-state index contributed by atoms with van der Waals surface area (Å²) in [6, 6.07) is 0. The zero-order valence-electron chi connectivity index (χ0n) is 8.28. The number of nitrogens with one attached hydrogen (secondary N) is 2. The molecule has 0 spiro atoms. The molecule has 15 heavy (non-hydrogen) atoms. The van der Waals surface area contributed by atoms with Crippen LogP contribution in [0.2, 0.25) is 0 Å². The molecule has 1 amide bonds. The quantitative estimate of drug-likeness (QED) is 0.327. The van der Waals surface area contributed by atoms with Crippen molar-refractivity contribution in [2.75, 3.05) is 0 Å². The Kier molecular flexibility index (Phi) is 3.84. The van der Waals surface area contributed by atoms with Crippen molar-refractivity contribution in [1.82, 2.24) is 10.9 Å². The van der Waals surface area contributed by atoms with Crippen molar-refractivity contribution in [3.63, 3.8) is 0 Å². The normalized spacial score (nSPS) is 24.5. The first-order chi connectivity index (χ1) is 6.99. The lowest BCUT2D eigenvalue weighted by molar-refractivity contribution is -0.145. The molecule has 7 heteroatoms. The Bertz CT molecular complexity index is 295. The highest BCUT2D eigenvalue weighted by molar-refractivity contribution is 7.80. The van der Waals surface area contributed by atoms with Crippen molar-refractivity contribution in [3.8, 4) is 0 Å². The maximum atomic E-state index is 11.3. The minimum Gasteiger partial charge on any atom is -0.462 e. The van der Waals surface area contributed by atoms with Gasteiger partial charge in [-0.05, 0) is 25.6 Å². The maximum Gasteiger partial charge on any atom is 0.309 e. The van der Waals surface area contributed by atoms with E-state index in [2.05, 4.69) is 23.1 Å². The topological polar surface area (TPSA) is 93.5 Å². The number of carbonyl (C=O) groups excluding carboxylic acids is 2. The standard InChI is InChI=1S/C8H13N3O3S/c1-4-2-5(7(13)14-4)3-6(12)10-11-8(9)15/h4-5H,2-3H2,1H3,(H,10,12)(H3,9,11,15)/t4-,5-/m1/s1. The van der Waals surface area contributed by atoms with E-state index in [-0.39, 0.29) is 35.4 Å². The fourth-order valence-corrected chi connectivity index (χ4v) is 1.46. The lowest BCUT2D eigenvalue weighted by Crippen LogP contribution is -2.45. The lowest BCUT2D eigenvalue weighted by atomic mass is 10.0. The van der Waals surface area contributed by atoms with E-state index in [0.717, 1.165) is 0 Å². The number of esters is 1. The largest absolute Gasteiger partial charge is 0.462 e. The van der Waals surface area contributed by atoms with Crippen LogP contribution in [0.25, 0.3) is 0 Å². The molecule has 84 valence electrons. The van der Waals surface area contributed by atoms with Crippen LogP contribution in [0.3, 0.4) is 0 Å². The van der Waals surface area contributed by atoms with E-state index < -0.39 is 0 Å². The average Bonchev–Trinajstić information content (AvgIpc) is 2.42. The highest BCUT2D eigenvalue weighted by Gasteiger charge is 2.33.